The minimum Gasteiger partial charge on any atom is -0.346 e. The Morgan fingerprint density at radius 2 is 1.53 bits per heavy atom. The molecule has 0 spiro atoms. The van der Waals surface area contributed by atoms with Gasteiger partial charge in [-0.1, -0.05) is 23.7 Å². The summed E-state index contributed by atoms with van der Waals surface area (Å²) in [6.45, 7) is 1.71. The van der Waals surface area contributed by atoms with E-state index in [2.05, 4.69) is 5.18 Å². The molecular weight excluding hydrogens is 493 g/mol. The summed E-state index contributed by atoms with van der Waals surface area (Å²) < 4.78 is 86.7. The van der Waals surface area contributed by atoms with Crippen molar-refractivity contribution >= 4 is 5.91 Å². The van der Waals surface area contributed by atoms with Crippen LogP contribution in [0.2, 0.25) is 0 Å². The minimum atomic E-state index is -4.90. The molecule has 198 valence electrons. The van der Waals surface area contributed by atoms with Crippen molar-refractivity contribution in [3.8, 4) is 0 Å². The Kier molecular flexibility index (Phi) is 10.0. The highest BCUT2D eigenvalue weighted by Gasteiger charge is 2.36. The fourth-order valence-corrected chi connectivity index (χ4v) is 4.20. The zero-order valence-corrected chi connectivity index (χ0v) is 19.8. The van der Waals surface area contributed by atoms with Crippen LogP contribution < -0.4 is 0 Å². The molecule has 1 saturated carbocycles. The average molecular weight is 520 g/mol. The third-order valence-electron chi connectivity index (χ3n) is 6.09. The zero-order chi connectivity index (χ0) is 27.1. The molecule has 3 rings (SSSR count). The average Bonchev–Trinajstić information content (AvgIpc) is 2.79. The molecule has 1 amide bonds. The number of amides is 1. The number of rotatable bonds is 5. The summed E-state index contributed by atoms with van der Waals surface area (Å²) in [6.07, 6.45) is -5.15. The first-order chi connectivity index (χ1) is 16.7. The zero-order valence-electron chi connectivity index (χ0n) is 19.8. The lowest BCUT2D eigenvalue weighted by Gasteiger charge is -2.32. The van der Waals surface area contributed by atoms with Gasteiger partial charge >= 0.3 is 12.4 Å². The predicted octanol–water partition coefficient (Wildman–Crippen LogP) is 7.57. The van der Waals surface area contributed by atoms with Gasteiger partial charge in [-0.2, -0.15) is 31.2 Å². The molecule has 0 heterocycles. The van der Waals surface area contributed by atoms with Crippen LogP contribution in [0.25, 0.3) is 0 Å². The number of hydrogen-bond acceptors (Lipinski definition) is 3. The number of nitrogens with zero attached hydrogens (tertiary/aromatic N) is 2. The maximum absolute atomic E-state index is 12.9. The molecule has 1 aliphatic rings. The van der Waals surface area contributed by atoms with E-state index in [0.717, 1.165) is 13.0 Å². The minimum absolute atomic E-state index is 0.00565. The molecule has 11 heteroatoms. The Balaban J connectivity index is 0.000000255. The monoisotopic (exact) mass is 520 g/mol. The number of carbonyl (C=O) groups is 1. The van der Waals surface area contributed by atoms with E-state index >= 15 is 0 Å². The standard InChI is InChI=1S/C16H22FNO.C9H5F6NO/c1-12(19)18(2)11-13-4-3-5-15(10-13)14-6-8-16(17)9-7-14;10-8(11,12)6-1-5(4-16-17)2-7(3-6)9(13,14)15/h6-9,13,15H,3-5,10-11H2,1-2H3;1-3H,4H2/t13-,15?;/m1./s1. The van der Waals surface area contributed by atoms with Crippen LogP contribution in [0.1, 0.15) is 60.8 Å². The molecule has 1 unspecified atom stereocenters. The van der Waals surface area contributed by atoms with Gasteiger partial charge in [0.1, 0.15) is 12.4 Å². The van der Waals surface area contributed by atoms with Crippen molar-refractivity contribution in [1.29, 1.82) is 0 Å². The largest absolute Gasteiger partial charge is 0.416 e. The maximum Gasteiger partial charge on any atom is 0.416 e. The van der Waals surface area contributed by atoms with E-state index in [-0.39, 0.29) is 17.8 Å². The summed E-state index contributed by atoms with van der Waals surface area (Å²) in [7, 11) is 1.86. The lowest BCUT2D eigenvalue weighted by Crippen LogP contribution is -2.31. The van der Waals surface area contributed by atoms with Gasteiger partial charge in [-0.25, -0.2) is 4.39 Å². The molecule has 0 aliphatic heterocycles. The smallest absolute Gasteiger partial charge is 0.346 e. The highest BCUT2D eigenvalue weighted by Crippen LogP contribution is 2.37. The molecule has 2 aromatic carbocycles. The summed E-state index contributed by atoms with van der Waals surface area (Å²) in [5.74, 6) is 1.04. The van der Waals surface area contributed by atoms with E-state index in [0.29, 0.717) is 24.0 Å². The molecule has 0 bridgehead atoms. The van der Waals surface area contributed by atoms with Crippen LogP contribution >= 0.6 is 0 Å². The summed E-state index contributed by atoms with van der Waals surface area (Å²) >= 11 is 0. The Hall–Kier alpha value is -2.98. The van der Waals surface area contributed by atoms with Crippen LogP contribution in [0.15, 0.2) is 47.6 Å². The Morgan fingerprint density at radius 3 is 2.00 bits per heavy atom. The molecule has 2 atom stereocenters. The van der Waals surface area contributed by atoms with E-state index in [1.165, 1.54) is 24.8 Å². The molecule has 0 radical (unpaired) electrons. The van der Waals surface area contributed by atoms with Crippen LogP contribution in [0.5, 0.6) is 0 Å². The van der Waals surface area contributed by atoms with E-state index in [4.69, 9.17) is 0 Å². The molecular formula is C25H27F7N2O2. The lowest BCUT2D eigenvalue weighted by molar-refractivity contribution is -0.143. The highest BCUT2D eigenvalue weighted by molar-refractivity contribution is 5.72. The summed E-state index contributed by atoms with van der Waals surface area (Å²) in [6, 6.07) is 7.82. The number of nitroso groups, excluding NO2 is 1. The van der Waals surface area contributed by atoms with Gasteiger partial charge in [0.05, 0.1) is 11.1 Å². The van der Waals surface area contributed by atoms with Crippen LogP contribution in [0.4, 0.5) is 30.7 Å². The van der Waals surface area contributed by atoms with E-state index < -0.39 is 35.6 Å². The van der Waals surface area contributed by atoms with Crippen molar-refractivity contribution in [3.05, 3.63) is 75.4 Å². The quantitative estimate of drug-likeness (QED) is 0.302. The maximum atomic E-state index is 12.9. The predicted molar refractivity (Wildman–Crippen MR) is 120 cm³/mol. The molecule has 1 fully saturated rings. The van der Waals surface area contributed by atoms with Crippen LogP contribution in [0.3, 0.4) is 0 Å². The van der Waals surface area contributed by atoms with Crippen molar-refractivity contribution in [3.63, 3.8) is 0 Å². The molecule has 4 nitrogen and oxygen atoms in total. The number of hydrogen-bond donors (Lipinski definition) is 0. The van der Waals surface area contributed by atoms with Crippen molar-refractivity contribution in [2.45, 2.75) is 57.4 Å². The second-order valence-electron chi connectivity index (χ2n) is 8.88. The number of alkyl halides is 6. The third kappa shape index (κ3) is 8.91. The van der Waals surface area contributed by atoms with E-state index in [9.17, 15) is 40.4 Å². The first kappa shape index (κ1) is 29.3. The van der Waals surface area contributed by atoms with Gasteiger partial charge in [-0.05, 0) is 72.6 Å². The molecule has 36 heavy (non-hydrogen) atoms. The van der Waals surface area contributed by atoms with Crippen molar-refractivity contribution < 1.29 is 35.5 Å². The molecule has 0 saturated heterocycles. The van der Waals surface area contributed by atoms with Gasteiger partial charge in [0.25, 0.3) is 0 Å². The van der Waals surface area contributed by atoms with Crippen LogP contribution in [-0.4, -0.2) is 24.4 Å². The molecule has 2 aromatic rings. The van der Waals surface area contributed by atoms with Gasteiger partial charge in [-0.3, -0.25) is 4.79 Å². The summed E-state index contributed by atoms with van der Waals surface area (Å²) in [5.41, 5.74) is -2.10. The summed E-state index contributed by atoms with van der Waals surface area (Å²) in [4.78, 5) is 23.0. The molecule has 0 aromatic heterocycles. The lowest BCUT2D eigenvalue weighted by atomic mass is 9.78. The first-order valence-corrected chi connectivity index (χ1v) is 11.2. The highest BCUT2D eigenvalue weighted by atomic mass is 19.4. The fourth-order valence-electron chi connectivity index (χ4n) is 4.20. The van der Waals surface area contributed by atoms with Crippen LogP contribution in [0, 0.1) is 16.6 Å². The van der Waals surface area contributed by atoms with Gasteiger partial charge in [0.15, 0.2) is 0 Å². The number of benzene rings is 2. The van der Waals surface area contributed by atoms with Gasteiger partial charge < -0.3 is 4.90 Å². The molecule has 0 N–H and O–H groups in total. The van der Waals surface area contributed by atoms with E-state index in [1.807, 2.05) is 19.2 Å². The third-order valence-corrected chi connectivity index (χ3v) is 6.09. The number of halogens is 7. The first-order valence-electron chi connectivity index (χ1n) is 11.2. The van der Waals surface area contributed by atoms with Gasteiger partial charge in [0.2, 0.25) is 5.91 Å². The summed E-state index contributed by atoms with van der Waals surface area (Å²) in [5, 5.41) is 2.27. The van der Waals surface area contributed by atoms with Gasteiger partial charge in [0, 0.05) is 20.5 Å². The van der Waals surface area contributed by atoms with Crippen molar-refractivity contribution in [2.75, 3.05) is 13.6 Å². The normalized spacial score (nSPS) is 18.1. The SMILES string of the molecule is CC(=O)N(C)C[C@@H]1CCCC(c2ccc(F)cc2)C1.O=NCc1cc(C(F)(F)F)cc(C(F)(F)F)c1. The Bertz CT molecular complexity index is 988. The second-order valence-corrected chi connectivity index (χ2v) is 8.88. The van der Waals surface area contributed by atoms with E-state index in [1.54, 1.807) is 24.0 Å². The van der Waals surface area contributed by atoms with Crippen molar-refractivity contribution in [2.24, 2.45) is 11.1 Å². The molecule has 1 aliphatic carbocycles. The second kappa shape index (κ2) is 12.3. The van der Waals surface area contributed by atoms with Crippen LogP contribution in [-0.2, 0) is 23.7 Å². The Labute approximate surface area is 204 Å². The number of carbonyl (C=O) groups excluding carboxylic acids is 1. The Morgan fingerprint density at radius 1 is 0.972 bits per heavy atom. The topological polar surface area (TPSA) is 49.7 Å². The van der Waals surface area contributed by atoms with Crippen molar-refractivity contribution in [1.82, 2.24) is 4.90 Å². The van der Waals surface area contributed by atoms with Gasteiger partial charge in [-0.15, -0.1) is 0 Å². The fraction of sp³-hybridized carbons (Fsp3) is 0.480.